The normalized spacial score (nSPS) is 11.7. The lowest BCUT2D eigenvalue weighted by Crippen LogP contribution is -2.14. The van der Waals surface area contributed by atoms with Gasteiger partial charge in [0.15, 0.2) is 0 Å². The number of rotatable bonds is 9. The minimum Gasteiger partial charge on any atom is -0.475 e. The Labute approximate surface area is 121 Å². The van der Waals surface area contributed by atoms with Gasteiger partial charge in [-0.2, -0.15) is 13.2 Å². The number of hydrogen-bond acceptors (Lipinski definition) is 5. The molecule has 8 heteroatoms. The first kappa shape index (κ1) is 17.7. The molecule has 5 nitrogen and oxygen atoms in total. The number of nitrogens with zero attached hydrogens (tertiary/aromatic N) is 1. The molecule has 1 rings (SSSR count). The van der Waals surface area contributed by atoms with Gasteiger partial charge in [0.05, 0.1) is 6.61 Å². The summed E-state index contributed by atoms with van der Waals surface area (Å²) in [6, 6.07) is 2.15. The van der Waals surface area contributed by atoms with E-state index in [9.17, 15) is 13.2 Å². The molecule has 21 heavy (non-hydrogen) atoms. The van der Waals surface area contributed by atoms with Crippen molar-refractivity contribution in [3.8, 4) is 5.88 Å². The fourth-order valence-electron chi connectivity index (χ4n) is 1.51. The number of alkyl halides is 3. The highest BCUT2D eigenvalue weighted by atomic mass is 19.4. The molecule has 0 atom stereocenters. The molecule has 2 N–H and O–H groups in total. The highest BCUT2D eigenvalue weighted by molar-refractivity contribution is 5.29. The van der Waals surface area contributed by atoms with Crippen molar-refractivity contribution in [2.45, 2.75) is 19.1 Å². The topological polar surface area (TPSA) is 66.6 Å². The lowest BCUT2D eigenvalue weighted by atomic mass is 10.2. The van der Waals surface area contributed by atoms with E-state index in [4.69, 9.17) is 19.9 Å². The molecule has 120 valence electrons. The quantitative estimate of drug-likeness (QED) is 0.707. The highest BCUT2D eigenvalue weighted by Gasteiger charge is 2.33. The Hall–Kier alpha value is -1.38. The van der Waals surface area contributed by atoms with Gasteiger partial charge in [0.25, 0.3) is 0 Å². The summed E-state index contributed by atoms with van der Waals surface area (Å²) in [5.41, 5.74) is 4.86. The Morgan fingerprint density at radius 1 is 1.14 bits per heavy atom. The summed E-state index contributed by atoms with van der Waals surface area (Å²) in [5, 5.41) is 0. The number of pyridine rings is 1. The first-order valence-electron chi connectivity index (χ1n) is 6.45. The molecule has 1 aromatic heterocycles. The summed E-state index contributed by atoms with van der Waals surface area (Å²) in [7, 11) is 1.59. The van der Waals surface area contributed by atoms with Gasteiger partial charge in [0, 0.05) is 32.4 Å². The van der Waals surface area contributed by atoms with Gasteiger partial charge >= 0.3 is 6.18 Å². The smallest absolute Gasteiger partial charge is 0.433 e. The SMILES string of the molecule is COCCCOCCOc1nc(C(F)(F)F)ccc1CN. The zero-order chi connectivity index (χ0) is 15.7. The van der Waals surface area contributed by atoms with E-state index in [0.29, 0.717) is 18.8 Å². The largest absolute Gasteiger partial charge is 0.475 e. The van der Waals surface area contributed by atoms with E-state index < -0.39 is 11.9 Å². The number of ether oxygens (including phenoxy) is 3. The number of halogens is 3. The molecule has 0 bridgehead atoms. The molecule has 0 amide bonds. The third-order valence-corrected chi connectivity index (χ3v) is 2.55. The van der Waals surface area contributed by atoms with Crippen molar-refractivity contribution in [1.82, 2.24) is 4.98 Å². The van der Waals surface area contributed by atoms with Gasteiger partial charge in [-0.25, -0.2) is 4.98 Å². The van der Waals surface area contributed by atoms with Gasteiger partial charge in [-0.3, -0.25) is 0 Å². The van der Waals surface area contributed by atoms with Crippen molar-refractivity contribution < 1.29 is 27.4 Å². The molecule has 1 heterocycles. The van der Waals surface area contributed by atoms with Crippen LogP contribution in [0.2, 0.25) is 0 Å². The zero-order valence-corrected chi connectivity index (χ0v) is 11.8. The van der Waals surface area contributed by atoms with Crippen LogP contribution in [0.5, 0.6) is 5.88 Å². The van der Waals surface area contributed by atoms with E-state index in [0.717, 1.165) is 12.5 Å². The predicted octanol–water partition coefficient (Wildman–Crippen LogP) is 1.99. The van der Waals surface area contributed by atoms with Crippen LogP contribution in [0.3, 0.4) is 0 Å². The molecule has 1 aromatic rings. The molecule has 0 radical (unpaired) electrons. The van der Waals surface area contributed by atoms with E-state index in [1.54, 1.807) is 7.11 Å². The van der Waals surface area contributed by atoms with Crippen molar-refractivity contribution >= 4 is 0 Å². The highest BCUT2D eigenvalue weighted by Crippen LogP contribution is 2.30. The maximum Gasteiger partial charge on any atom is 0.433 e. The Balaban J connectivity index is 2.49. The fourth-order valence-corrected chi connectivity index (χ4v) is 1.51. The summed E-state index contributed by atoms with van der Waals surface area (Å²) in [6.45, 7) is 1.50. The molecule has 0 aromatic carbocycles. The number of aromatic nitrogens is 1. The Bertz CT molecular complexity index is 428. The summed E-state index contributed by atoms with van der Waals surface area (Å²) in [4.78, 5) is 3.46. The molecule has 0 saturated heterocycles. The van der Waals surface area contributed by atoms with E-state index in [-0.39, 0.29) is 25.6 Å². The van der Waals surface area contributed by atoms with Crippen LogP contribution in [0.25, 0.3) is 0 Å². The average molecular weight is 308 g/mol. The number of methoxy groups -OCH3 is 1. The summed E-state index contributed by atoms with van der Waals surface area (Å²) in [5.74, 6) is -0.104. The van der Waals surface area contributed by atoms with Crippen LogP contribution in [0.1, 0.15) is 17.7 Å². The fraction of sp³-hybridized carbons (Fsp3) is 0.615. The Morgan fingerprint density at radius 3 is 2.52 bits per heavy atom. The van der Waals surface area contributed by atoms with Crippen LogP contribution < -0.4 is 10.5 Å². The average Bonchev–Trinajstić information content (AvgIpc) is 2.45. The molecule has 0 unspecified atom stereocenters. The van der Waals surface area contributed by atoms with Crippen LogP contribution in [0, 0.1) is 0 Å². The Kier molecular flexibility index (Phi) is 7.41. The van der Waals surface area contributed by atoms with Gasteiger partial charge in [0.1, 0.15) is 12.3 Å². The van der Waals surface area contributed by atoms with Gasteiger partial charge in [-0.1, -0.05) is 6.07 Å². The van der Waals surface area contributed by atoms with Crippen LogP contribution in [-0.2, 0) is 22.2 Å². The number of hydrogen-bond donors (Lipinski definition) is 1. The van der Waals surface area contributed by atoms with Crippen LogP contribution in [0.4, 0.5) is 13.2 Å². The summed E-state index contributed by atoms with van der Waals surface area (Å²) >= 11 is 0. The van der Waals surface area contributed by atoms with Crippen LogP contribution in [0.15, 0.2) is 12.1 Å². The summed E-state index contributed by atoms with van der Waals surface area (Å²) in [6.07, 6.45) is -3.77. The van der Waals surface area contributed by atoms with Gasteiger partial charge in [0.2, 0.25) is 5.88 Å². The lowest BCUT2D eigenvalue weighted by molar-refractivity contribution is -0.141. The van der Waals surface area contributed by atoms with Crippen LogP contribution in [-0.4, -0.2) is 38.5 Å². The molecule has 0 aliphatic rings. The second kappa shape index (κ2) is 8.81. The Morgan fingerprint density at radius 2 is 1.90 bits per heavy atom. The van der Waals surface area contributed by atoms with Crippen molar-refractivity contribution in [2.24, 2.45) is 5.73 Å². The lowest BCUT2D eigenvalue weighted by Gasteiger charge is -2.12. The third-order valence-electron chi connectivity index (χ3n) is 2.55. The maximum atomic E-state index is 12.6. The molecule has 0 spiro atoms. The third kappa shape index (κ3) is 6.28. The molecule has 0 aliphatic carbocycles. The minimum absolute atomic E-state index is 0.0508. The molecule has 0 saturated carbocycles. The standard InChI is InChI=1S/C13H19F3N2O3/c1-19-5-2-6-20-7-8-21-12-10(9-17)3-4-11(18-12)13(14,15)16/h3-4H,2,5-9,17H2,1H3. The van der Waals surface area contributed by atoms with Gasteiger partial charge < -0.3 is 19.9 Å². The predicted molar refractivity (Wildman–Crippen MR) is 69.9 cm³/mol. The molecule has 0 fully saturated rings. The van der Waals surface area contributed by atoms with E-state index in [1.807, 2.05) is 0 Å². The second-order valence-electron chi connectivity index (χ2n) is 4.17. The molecular weight excluding hydrogens is 289 g/mol. The monoisotopic (exact) mass is 308 g/mol. The zero-order valence-electron chi connectivity index (χ0n) is 11.8. The first-order chi connectivity index (χ1) is 9.99. The maximum absolute atomic E-state index is 12.6. The van der Waals surface area contributed by atoms with E-state index in [2.05, 4.69) is 4.98 Å². The first-order valence-corrected chi connectivity index (χ1v) is 6.45. The molecular formula is C13H19F3N2O3. The number of nitrogens with two attached hydrogens (primary N) is 1. The van der Waals surface area contributed by atoms with Crippen molar-refractivity contribution in [2.75, 3.05) is 33.5 Å². The van der Waals surface area contributed by atoms with Crippen molar-refractivity contribution in [3.05, 3.63) is 23.4 Å². The van der Waals surface area contributed by atoms with Crippen molar-refractivity contribution in [1.29, 1.82) is 0 Å². The van der Waals surface area contributed by atoms with Crippen LogP contribution >= 0.6 is 0 Å². The molecule has 0 aliphatic heterocycles. The van der Waals surface area contributed by atoms with Gasteiger partial charge in [-0.05, 0) is 12.5 Å². The van der Waals surface area contributed by atoms with E-state index >= 15 is 0 Å². The summed E-state index contributed by atoms with van der Waals surface area (Å²) < 4.78 is 53.1. The van der Waals surface area contributed by atoms with E-state index in [1.165, 1.54) is 6.07 Å². The van der Waals surface area contributed by atoms with Crippen molar-refractivity contribution in [3.63, 3.8) is 0 Å². The second-order valence-corrected chi connectivity index (χ2v) is 4.17. The van der Waals surface area contributed by atoms with Gasteiger partial charge in [-0.15, -0.1) is 0 Å². The minimum atomic E-state index is -4.51.